The average Bonchev–Trinajstić information content (AvgIpc) is 2.39. The Morgan fingerprint density at radius 2 is 1.45 bits per heavy atom. The molecule has 0 spiro atoms. The molecule has 2 rings (SSSR count). The zero-order chi connectivity index (χ0) is 14.5. The molecule has 0 aliphatic carbocycles. The maximum Gasteiger partial charge on any atom is 0.126 e. The molecule has 106 valence electrons. The van der Waals surface area contributed by atoms with E-state index in [0.717, 1.165) is 12.5 Å². The van der Waals surface area contributed by atoms with Crippen LogP contribution in [0, 0.1) is 24.5 Å². The van der Waals surface area contributed by atoms with Gasteiger partial charge in [0.1, 0.15) is 11.6 Å². The molecule has 0 fully saturated rings. The van der Waals surface area contributed by atoms with Crippen molar-refractivity contribution >= 4 is 11.6 Å². The minimum atomic E-state index is -0.538. The van der Waals surface area contributed by atoms with Gasteiger partial charge in [-0.3, -0.25) is 0 Å². The van der Waals surface area contributed by atoms with Crippen LogP contribution >= 0.6 is 11.6 Å². The molecule has 0 saturated heterocycles. The summed E-state index contributed by atoms with van der Waals surface area (Å²) in [5.41, 5.74) is 3.06. The van der Waals surface area contributed by atoms with E-state index in [1.54, 1.807) is 0 Å². The highest BCUT2D eigenvalue weighted by molar-refractivity contribution is 6.18. The zero-order valence-electron chi connectivity index (χ0n) is 11.4. The molecule has 0 radical (unpaired) electrons. The summed E-state index contributed by atoms with van der Waals surface area (Å²) >= 11 is 5.99. The number of rotatable bonds is 5. The van der Waals surface area contributed by atoms with E-state index in [4.69, 9.17) is 11.6 Å². The summed E-state index contributed by atoms with van der Waals surface area (Å²) in [7, 11) is 0. The van der Waals surface area contributed by atoms with Crippen molar-refractivity contribution in [1.82, 2.24) is 0 Å². The normalized spacial score (nSPS) is 12.4. The number of hydrogen-bond donors (Lipinski definition) is 0. The van der Waals surface area contributed by atoms with E-state index in [9.17, 15) is 8.78 Å². The molecule has 2 aromatic rings. The number of hydrogen-bond acceptors (Lipinski definition) is 0. The molecule has 3 heteroatoms. The van der Waals surface area contributed by atoms with Gasteiger partial charge in [0.25, 0.3) is 0 Å². The first kappa shape index (κ1) is 15.0. The first-order chi connectivity index (χ1) is 9.56. The summed E-state index contributed by atoms with van der Waals surface area (Å²) in [6.45, 7) is 2.04. The fraction of sp³-hybridized carbons (Fsp3) is 0.294. The highest BCUT2D eigenvalue weighted by atomic mass is 35.5. The highest BCUT2D eigenvalue weighted by Gasteiger charge is 2.11. The SMILES string of the molecule is Cc1ccc(CC(CCl)Cc2cc(F)cc(F)c2)cc1. The van der Waals surface area contributed by atoms with Crippen LogP contribution in [0.2, 0.25) is 0 Å². The predicted octanol–water partition coefficient (Wildman–Crippen LogP) is 4.91. The van der Waals surface area contributed by atoms with Crippen LogP contribution in [0.3, 0.4) is 0 Å². The lowest BCUT2D eigenvalue weighted by molar-refractivity contribution is 0.557. The lowest BCUT2D eigenvalue weighted by atomic mass is 9.93. The summed E-state index contributed by atoms with van der Waals surface area (Å²) < 4.78 is 26.4. The van der Waals surface area contributed by atoms with E-state index >= 15 is 0 Å². The lowest BCUT2D eigenvalue weighted by Gasteiger charge is -2.14. The van der Waals surface area contributed by atoms with Crippen molar-refractivity contribution in [2.24, 2.45) is 5.92 Å². The molecule has 20 heavy (non-hydrogen) atoms. The monoisotopic (exact) mass is 294 g/mol. The van der Waals surface area contributed by atoms with Gasteiger partial charge in [-0.05, 0) is 48.9 Å². The van der Waals surface area contributed by atoms with Gasteiger partial charge in [0.05, 0.1) is 0 Å². The Kier molecular flexibility index (Phi) is 5.13. The van der Waals surface area contributed by atoms with E-state index in [2.05, 4.69) is 24.3 Å². The molecule has 0 aromatic heterocycles. The Balaban J connectivity index is 2.06. The number of alkyl halides is 1. The average molecular weight is 295 g/mol. The quantitative estimate of drug-likeness (QED) is 0.687. The topological polar surface area (TPSA) is 0 Å². The molecule has 0 aliphatic rings. The van der Waals surface area contributed by atoms with Crippen LogP contribution in [0.1, 0.15) is 16.7 Å². The summed E-state index contributed by atoms with van der Waals surface area (Å²) in [4.78, 5) is 0. The van der Waals surface area contributed by atoms with Crippen LogP contribution in [-0.4, -0.2) is 5.88 Å². The van der Waals surface area contributed by atoms with Crippen LogP contribution < -0.4 is 0 Å². The second kappa shape index (κ2) is 6.85. The molecular weight excluding hydrogens is 278 g/mol. The molecule has 1 unspecified atom stereocenters. The second-order valence-electron chi connectivity index (χ2n) is 5.19. The third-order valence-corrected chi connectivity index (χ3v) is 3.75. The van der Waals surface area contributed by atoms with E-state index in [-0.39, 0.29) is 5.92 Å². The Morgan fingerprint density at radius 1 is 0.900 bits per heavy atom. The largest absolute Gasteiger partial charge is 0.207 e. The summed E-state index contributed by atoms with van der Waals surface area (Å²) in [6, 6.07) is 11.9. The van der Waals surface area contributed by atoms with Crippen molar-refractivity contribution in [2.45, 2.75) is 19.8 Å². The van der Waals surface area contributed by atoms with Gasteiger partial charge in [-0.1, -0.05) is 29.8 Å². The number of halogens is 3. The maximum absolute atomic E-state index is 13.2. The molecule has 0 nitrogen and oxygen atoms in total. The third-order valence-electron chi connectivity index (χ3n) is 3.31. The number of benzene rings is 2. The van der Waals surface area contributed by atoms with Crippen LogP contribution in [-0.2, 0) is 12.8 Å². The molecular formula is C17H17ClF2. The van der Waals surface area contributed by atoms with Gasteiger partial charge >= 0.3 is 0 Å². The van der Waals surface area contributed by atoms with Crippen molar-refractivity contribution in [3.8, 4) is 0 Å². The smallest absolute Gasteiger partial charge is 0.126 e. The fourth-order valence-corrected chi connectivity index (χ4v) is 2.52. The second-order valence-corrected chi connectivity index (χ2v) is 5.50. The summed E-state index contributed by atoms with van der Waals surface area (Å²) in [6.07, 6.45) is 1.38. The lowest BCUT2D eigenvalue weighted by Crippen LogP contribution is -2.10. The molecule has 0 heterocycles. The van der Waals surface area contributed by atoms with Crippen molar-refractivity contribution in [3.63, 3.8) is 0 Å². The van der Waals surface area contributed by atoms with Crippen LogP contribution in [0.25, 0.3) is 0 Å². The van der Waals surface area contributed by atoms with E-state index in [1.165, 1.54) is 23.3 Å². The molecule has 0 bridgehead atoms. The van der Waals surface area contributed by atoms with Gasteiger partial charge in [-0.2, -0.15) is 0 Å². The van der Waals surface area contributed by atoms with Crippen LogP contribution in [0.4, 0.5) is 8.78 Å². The molecule has 0 N–H and O–H groups in total. The molecule has 2 aromatic carbocycles. The molecule has 0 amide bonds. The van der Waals surface area contributed by atoms with E-state index < -0.39 is 11.6 Å². The minimum absolute atomic E-state index is 0.167. The van der Waals surface area contributed by atoms with Crippen LogP contribution in [0.15, 0.2) is 42.5 Å². The summed E-state index contributed by atoms with van der Waals surface area (Å²) in [5, 5.41) is 0. The van der Waals surface area contributed by atoms with Gasteiger partial charge < -0.3 is 0 Å². The molecule has 0 saturated carbocycles. The Bertz CT molecular complexity index is 543. The summed E-state index contributed by atoms with van der Waals surface area (Å²) in [5.74, 6) is -0.445. The van der Waals surface area contributed by atoms with Gasteiger partial charge in [0.15, 0.2) is 0 Å². The first-order valence-electron chi connectivity index (χ1n) is 6.63. The van der Waals surface area contributed by atoms with Gasteiger partial charge in [0, 0.05) is 11.9 Å². The molecule has 0 aliphatic heterocycles. The first-order valence-corrected chi connectivity index (χ1v) is 7.17. The van der Waals surface area contributed by atoms with Crippen molar-refractivity contribution in [2.75, 3.05) is 5.88 Å². The fourth-order valence-electron chi connectivity index (χ4n) is 2.30. The van der Waals surface area contributed by atoms with Crippen LogP contribution in [0.5, 0.6) is 0 Å². The van der Waals surface area contributed by atoms with E-state index in [0.29, 0.717) is 17.9 Å². The minimum Gasteiger partial charge on any atom is -0.207 e. The number of aryl methyl sites for hydroxylation is 1. The van der Waals surface area contributed by atoms with Crippen molar-refractivity contribution in [3.05, 3.63) is 70.8 Å². The van der Waals surface area contributed by atoms with Gasteiger partial charge in [0.2, 0.25) is 0 Å². The zero-order valence-corrected chi connectivity index (χ0v) is 12.1. The van der Waals surface area contributed by atoms with Gasteiger partial charge in [-0.15, -0.1) is 11.6 Å². The van der Waals surface area contributed by atoms with Gasteiger partial charge in [-0.25, -0.2) is 8.78 Å². The highest BCUT2D eigenvalue weighted by Crippen LogP contribution is 2.18. The predicted molar refractivity (Wildman–Crippen MR) is 79.2 cm³/mol. The van der Waals surface area contributed by atoms with E-state index in [1.807, 2.05) is 6.92 Å². The van der Waals surface area contributed by atoms with Crippen molar-refractivity contribution in [1.29, 1.82) is 0 Å². The van der Waals surface area contributed by atoms with Crippen molar-refractivity contribution < 1.29 is 8.78 Å². The standard InChI is InChI=1S/C17H17ClF2/c1-12-2-4-13(5-3-12)6-15(11-18)7-14-8-16(19)10-17(20)9-14/h2-5,8-10,15H,6-7,11H2,1H3. The Morgan fingerprint density at radius 3 is 2.00 bits per heavy atom. The molecule has 1 atom stereocenters. The Labute approximate surface area is 123 Å². The maximum atomic E-state index is 13.2. The third kappa shape index (κ3) is 4.31. The Hall–Kier alpha value is -1.41.